The highest BCUT2D eigenvalue weighted by Gasteiger charge is 2.19. The van der Waals surface area contributed by atoms with Crippen LogP contribution < -0.4 is 10.6 Å². The van der Waals surface area contributed by atoms with Gasteiger partial charge in [-0.05, 0) is 23.6 Å². The Bertz CT molecular complexity index is 836. The molecule has 0 aliphatic rings. The fourth-order valence-electron chi connectivity index (χ4n) is 1.86. The van der Waals surface area contributed by atoms with Gasteiger partial charge in [0.25, 0.3) is 5.91 Å². The number of rotatable bonds is 5. The van der Waals surface area contributed by atoms with Gasteiger partial charge in [-0.2, -0.15) is 0 Å². The monoisotopic (exact) mass is 361 g/mol. The van der Waals surface area contributed by atoms with E-state index >= 15 is 0 Å². The molecule has 3 aromatic heterocycles. The molecule has 6 nitrogen and oxygen atoms in total. The second kappa shape index (κ2) is 6.98. The van der Waals surface area contributed by atoms with Crippen LogP contribution in [0.15, 0.2) is 40.3 Å². The summed E-state index contributed by atoms with van der Waals surface area (Å²) < 4.78 is 5.11. The molecule has 3 heterocycles. The minimum Gasteiger partial charge on any atom is -0.459 e. The molecule has 0 fully saturated rings. The molecule has 8 heteroatoms. The van der Waals surface area contributed by atoms with Crippen molar-refractivity contribution in [2.75, 3.05) is 10.6 Å². The van der Waals surface area contributed by atoms with Crippen LogP contribution in [0.2, 0.25) is 0 Å². The fraction of sp³-hybridized carbons (Fsp3) is 0.188. The van der Waals surface area contributed by atoms with Gasteiger partial charge in [0, 0.05) is 5.92 Å². The number of hydrogen-bond acceptors (Lipinski definition) is 6. The predicted molar refractivity (Wildman–Crippen MR) is 95.6 cm³/mol. The Hall–Kier alpha value is -2.45. The molecule has 0 saturated carbocycles. The van der Waals surface area contributed by atoms with Crippen LogP contribution in [0.4, 0.5) is 10.1 Å². The van der Waals surface area contributed by atoms with E-state index < -0.39 is 0 Å². The number of carbonyl (C=O) groups excluding carboxylic acids is 2. The van der Waals surface area contributed by atoms with Crippen molar-refractivity contribution >= 4 is 44.6 Å². The first-order chi connectivity index (χ1) is 11.5. The number of thiazole rings is 1. The third-order valence-electron chi connectivity index (χ3n) is 3.11. The number of nitrogens with zero attached hydrogens (tertiary/aromatic N) is 1. The Morgan fingerprint density at radius 1 is 1.21 bits per heavy atom. The lowest BCUT2D eigenvalue weighted by atomic mass is 10.2. The number of carbonyl (C=O) groups is 2. The number of thiophene rings is 1. The Balaban J connectivity index is 1.89. The molecule has 0 aromatic carbocycles. The Morgan fingerprint density at radius 2 is 2.04 bits per heavy atom. The second-order valence-electron chi connectivity index (χ2n) is 5.25. The van der Waals surface area contributed by atoms with Gasteiger partial charge < -0.3 is 15.1 Å². The zero-order chi connectivity index (χ0) is 17.1. The van der Waals surface area contributed by atoms with Crippen molar-refractivity contribution in [3.63, 3.8) is 0 Å². The molecule has 2 amide bonds. The van der Waals surface area contributed by atoms with Crippen molar-refractivity contribution in [3.05, 3.63) is 41.7 Å². The standard InChI is InChI=1S/C16H15N3O3S2/c1-9(2)13(20)19-16-17-12(11-6-4-8-23-11)15(24-16)18-14(21)10-5-3-7-22-10/h3-9H,1-2H3,(H,18,21)(H,17,19,20). The molecule has 0 atom stereocenters. The van der Waals surface area contributed by atoms with Crippen LogP contribution in [0.5, 0.6) is 0 Å². The van der Waals surface area contributed by atoms with Gasteiger partial charge in [0.1, 0.15) is 10.7 Å². The zero-order valence-electron chi connectivity index (χ0n) is 13.0. The molecule has 3 aromatic rings. The van der Waals surface area contributed by atoms with E-state index in [9.17, 15) is 9.59 Å². The van der Waals surface area contributed by atoms with Crippen molar-refractivity contribution in [2.45, 2.75) is 13.8 Å². The molecule has 3 rings (SSSR count). The maximum Gasteiger partial charge on any atom is 0.292 e. The van der Waals surface area contributed by atoms with Crippen LogP contribution in [0.3, 0.4) is 0 Å². The van der Waals surface area contributed by atoms with E-state index in [1.54, 1.807) is 12.1 Å². The van der Waals surface area contributed by atoms with Crippen molar-refractivity contribution in [1.29, 1.82) is 0 Å². The lowest BCUT2D eigenvalue weighted by Gasteiger charge is -2.03. The topological polar surface area (TPSA) is 84.2 Å². The molecule has 124 valence electrons. The fourth-order valence-corrected chi connectivity index (χ4v) is 3.52. The highest BCUT2D eigenvalue weighted by Crippen LogP contribution is 2.38. The van der Waals surface area contributed by atoms with Crippen LogP contribution in [-0.4, -0.2) is 16.8 Å². The largest absolute Gasteiger partial charge is 0.459 e. The van der Waals surface area contributed by atoms with Crippen LogP contribution in [0.25, 0.3) is 10.6 Å². The van der Waals surface area contributed by atoms with E-state index in [1.165, 1.54) is 28.9 Å². The van der Waals surface area contributed by atoms with Crippen LogP contribution in [-0.2, 0) is 4.79 Å². The van der Waals surface area contributed by atoms with Gasteiger partial charge in [0.15, 0.2) is 10.9 Å². The molecule has 0 aliphatic heterocycles. The van der Waals surface area contributed by atoms with Crippen molar-refractivity contribution in [1.82, 2.24) is 4.98 Å². The minimum absolute atomic E-state index is 0.120. The number of aromatic nitrogens is 1. The molecule has 2 N–H and O–H groups in total. The van der Waals surface area contributed by atoms with Gasteiger partial charge in [0.2, 0.25) is 5.91 Å². The smallest absolute Gasteiger partial charge is 0.292 e. The third kappa shape index (κ3) is 3.55. The van der Waals surface area contributed by atoms with Crippen molar-refractivity contribution < 1.29 is 14.0 Å². The zero-order valence-corrected chi connectivity index (χ0v) is 14.7. The average molecular weight is 361 g/mol. The van der Waals surface area contributed by atoms with E-state index in [-0.39, 0.29) is 23.5 Å². The molecule has 0 radical (unpaired) electrons. The van der Waals surface area contributed by atoms with E-state index in [2.05, 4.69) is 15.6 Å². The summed E-state index contributed by atoms with van der Waals surface area (Å²) in [7, 11) is 0. The number of hydrogen-bond donors (Lipinski definition) is 2. The quantitative estimate of drug-likeness (QED) is 0.709. The van der Waals surface area contributed by atoms with Crippen LogP contribution in [0.1, 0.15) is 24.4 Å². The van der Waals surface area contributed by atoms with E-state index in [1.807, 2.05) is 31.4 Å². The summed E-state index contributed by atoms with van der Waals surface area (Å²) in [6, 6.07) is 7.05. The Kier molecular flexibility index (Phi) is 4.77. The lowest BCUT2D eigenvalue weighted by molar-refractivity contribution is -0.118. The molecule has 0 saturated heterocycles. The maximum atomic E-state index is 12.2. The first-order valence-corrected chi connectivity index (χ1v) is 8.94. The molecule has 24 heavy (non-hydrogen) atoms. The number of nitrogens with one attached hydrogen (secondary N) is 2. The summed E-state index contributed by atoms with van der Waals surface area (Å²) in [5.41, 5.74) is 0.633. The van der Waals surface area contributed by atoms with Gasteiger partial charge in [-0.15, -0.1) is 11.3 Å². The van der Waals surface area contributed by atoms with Gasteiger partial charge in [-0.3, -0.25) is 9.59 Å². The van der Waals surface area contributed by atoms with E-state index in [0.29, 0.717) is 15.8 Å². The van der Waals surface area contributed by atoms with Crippen LogP contribution in [0, 0.1) is 5.92 Å². The summed E-state index contributed by atoms with van der Waals surface area (Å²) >= 11 is 2.73. The summed E-state index contributed by atoms with van der Waals surface area (Å²) in [5.74, 6) is -0.415. The number of anilines is 2. The Labute approximate surface area is 146 Å². The van der Waals surface area contributed by atoms with Crippen LogP contribution >= 0.6 is 22.7 Å². The molecular formula is C16H15N3O3S2. The molecular weight excluding hydrogens is 346 g/mol. The first-order valence-electron chi connectivity index (χ1n) is 7.25. The second-order valence-corrected chi connectivity index (χ2v) is 7.20. The molecule has 0 unspecified atom stereocenters. The first kappa shape index (κ1) is 16.4. The highest BCUT2D eigenvalue weighted by atomic mass is 32.1. The lowest BCUT2D eigenvalue weighted by Crippen LogP contribution is -2.17. The van der Waals surface area contributed by atoms with Gasteiger partial charge >= 0.3 is 0 Å². The Morgan fingerprint density at radius 3 is 2.67 bits per heavy atom. The molecule has 0 aliphatic carbocycles. The average Bonchev–Trinajstić information content (AvgIpc) is 3.28. The number of furan rings is 1. The maximum absolute atomic E-state index is 12.2. The minimum atomic E-state index is -0.358. The van der Waals surface area contributed by atoms with Gasteiger partial charge in [0.05, 0.1) is 11.1 Å². The molecule has 0 spiro atoms. The molecule has 0 bridgehead atoms. The summed E-state index contributed by atoms with van der Waals surface area (Å²) in [6.45, 7) is 3.62. The third-order valence-corrected chi connectivity index (χ3v) is 4.87. The van der Waals surface area contributed by atoms with E-state index in [4.69, 9.17) is 4.42 Å². The number of amides is 2. The van der Waals surface area contributed by atoms with Gasteiger partial charge in [-0.25, -0.2) is 4.98 Å². The van der Waals surface area contributed by atoms with E-state index in [0.717, 1.165) is 4.88 Å². The highest BCUT2D eigenvalue weighted by molar-refractivity contribution is 7.21. The summed E-state index contributed by atoms with van der Waals surface area (Å²) in [4.78, 5) is 29.5. The summed E-state index contributed by atoms with van der Waals surface area (Å²) in [5, 5.41) is 8.52. The van der Waals surface area contributed by atoms with Crippen molar-refractivity contribution in [3.8, 4) is 10.6 Å². The van der Waals surface area contributed by atoms with Gasteiger partial charge in [-0.1, -0.05) is 31.3 Å². The normalized spacial score (nSPS) is 10.8. The predicted octanol–water partition coefficient (Wildman–Crippen LogP) is 4.31. The SMILES string of the molecule is CC(C)C(=O)Nc1nc(-c2cccs2)c(NC(=O)c2ccco2)s1. The summed E-state index contributed by atoms with van der Waals surface area (Å²) in [6.07, 6.45) is 1.44. The van der Waals surface area contributed by atoms with Crippen molar-refractivity contribution in [2.24, 2.45) is 5.92 Å².